The average Bonchev–Trinajstić information content (AvgIpc) is 3.05. The van der Waals surface area contributed by atoms with Crippen molar-refractivity contribution in [1.29, 1.82) is 0 Å². The molecule has 0 bridgehead atoms. The minimum atomic E-state index is -0.721. The van der Waals surface area contributed by atoms with Crippen LogP contribution in [0.4, 0.5) is 5.82 Å². The smallest absolute Gasteiger partial charge is 0.306 e. The van der Waals surface area contributed by atoms with E-state index in [0.717, 1.165) is 31.6 Å². The Bertz CT molecular complexity index is 968. The van der Waals surface area contributed by atoms with Gasteiger partial charge in [-0.15, -0.1) is 11.3 Å². The molecule has 1 fully saturated rings. The van der Waals surface area contributed by atoms with E-state index in [1.165, 1.54) is 0 Å². The first-order valence-electron chi connectivity index (χ1n) is 8.21. The van der Waals surface area contributed by atoms with Gasteiger partial charge in [0.05, 0.1) is 11.3 Å². The predicted molar refractivity (Wildman–Crippen MR) is 108 cm³/mol. The second-order valence-electron chi connectivity index (χ2n) is 6.25. The number of carboxylic acids is 1. The summed E-state index contributed by atoms with van der Waals surface area (Å²) in [6.07, 6.45) is 1.21. The topological polar surface area (TPSA) is 66.3 Å². The zero-order chi connectivity index (χ0) is 18.3. The number of carboxylic acid groups (broad SMARTS) is 1. The van der Waals surface area contributed by atoms with Gasteiger partial charge in [0.15, 0.2) is 0 Å². The molecule has 0 radical (unpaired) electrons. The summed E-state index contributed by atoms with van der Waals surface area (Å²) in [7, 11) is 0. The summed E-state index contributed by atoms with van der Waals surface area (Å²) in [6, 6.07) is 8.13. The number of aliphatic carboxylic acids is 1. The number of hydrogen-bond donors (Lipinski definition) is 1. The Morgan fingerprint density at radius 3 is 2.58 bits per heavy atom. The lowest BCUT2D eigenvalue weighted by molar-refractivity contribution is -0.142. The SMILES string of the molecule is O=C(O)C1CCN(c2nc(Cl)nc3scc(-c4ccc(Br)cc4)c23)CC1. The number of fused-ring (bicyclic) bond motifs is 1. The lowest BCUT2D eigenvalue weighted by Crippen LogP contribution is -2.37. The number of anilines is 1. The zero-order valence-corrected chi connectivity index (χ0v) is 16.8. The predicted octanol–water partition coefficient (Wildman–Crippen LogP) is 5.08. The summed E-state index contributed by atoms with van der Waals surface area (Å²) in [6.45, 7) is 1.30. The number of benzene rings is 1. The third-order valence-corrected chi connectivity index (χ3v) is 6.26. The van der Waals surface area contributed by atoms with Gasteiger partial charge in [0.25, 0.3) is 0 Å². The molecule has 3 heterocycles. The Morgan fingerprint density at radius 2 is 1.92 bits per heavy atom. The third-order valence-electron chi connectivity index (χ3n) is 4.69. The maximum atomic E-state index is 11.2. The van der Waals surface area contributed by atoms with Crippen LogP contribution in [0.15, 0.2) is 34.1 Å². The summed E-state index contributed by atoms with van der Waals surface area (Å²) < 4.78 is 1.02. The van der Waals surface area contributed by atoms with Crippen molar-refractivity contribution in [2.75, 3.05) is 18.0 Å². The summed E-state index contributed by atoms with van der Waals surface area (Å²) in [5, 5.41) is 12.5. The van der Waals surface area contributed by atoms with Crippen LogP contribution in [0, 0.1) is 5.92 Å². The van der Waals surface area contributed by atoms with Gasteiger partial charge in [-0.1, -0.05) is 28.1 Å². The zero-order valence-electron chi connectivity index (χ0n) is 13.7. The first-order valence-corrected chi connectivity index (χ1v) is 10.3. The van der Waals surface area contributed by atoms with E-state index in [9.17, 15) is 9.90 Å². The van der Waals surface area contributed by atoms with E-state index in [1.54, 1.807) is 11.3 Å². The van der Waals surface area contributed by atoms with Gasteiger partial charge in [-0.25, -0.2) is 4.98 Å². The van der Waals surface area contributed by atoms with Crippen molar-refractivity contribution in [2.45, 2.75) is 12.8 Å². The molecule has 0 atom stereocenters. The van der Waals surface area contributed by atoms with Crippen LogP contribution in [0.25, 0.3) is 21.3 Å². The van der Waals surface area contributed by atoms with Crippen molar-refractivity contribution in [3.63, 3.8) is 0 Å². The van der Waals surface area contributed by atoms with Crippen LogP contribution in [-0.2, 0) is 4.79 Å². The molecule has 1 saturated heterocycles. The molecule has 1 aromatic carbocycles. The molecule has 26 heavy (non-hydrogen) atoms. The van der Waals surface area contributed by atoms with Crippen LogP contribution in [0.5, 0.6) is 0 Å². The van der Waals surface area contributed by atoms with Crippen LogP contribution in [0.3, 0.4) is 0 Å². The Hall–Kier alpha value is -1.70. The monoisotopic (exact) mass is 451 g/mol. The fraction of sp³-hybridized carbons (Fsp3) is 0.278. The van der Waals surface area contributed by atoms with Crippen LogP contribution in [0.1, 0.15) is 12.8 Å². The summed E-state index contributed by atoms with van der Waals surface area (Å²) in [4.78, 5) is 23.1. The third kappa shape index (κ3) is 3.31. The quantitative estimate of drug-likeness (QED) is 0.562. The van der Waals surface area contributed by atoms with Crippen molar-refractivity contribution in [3.05, 3.63) is 39.4 Å². The molecule has 1 aliphatic heterocycles. The van der Waals surface area contributed by atoms with E-state index in [0.29, 0.717) is 25.9 Å². The fourth-order valence-corrected chi connectivity index (χ4v) is 4.73. The first-order chi connectivity index (χ1) is 12.5. The second-order valence-corrected chi connectivity index (χ2v) is 8.36. The van der Waals surface area contributed by atoms with Gasteiger partial charge in [-0.3, -0.25) is 4.79 Å². The molecule has 5 nitrogen and oxygen atoms in total. The van der Waals surface area contributed by atoms with E-state index in [1.807, 2.05) is 12.1 Å². The molecule has 3 aromatic rings. The number of halogens is 2. The van der Waals surface area contributed by atoms with Gasteiger partial charge in [0, 0.05) is 28.5 Å². The largest absolute Gasteiger partial charge is 0.481 e. The van der Waals surface area contributed by atoms with Crippen LogP contribution >= 0.6 is 38.9 Å². The summed E-state index contributed by atoms with van der Waals surface area (Å²) in [5.41, 5.74) is 2.16. The molecule has 1 aliphatic rings. The number of rotatable bonds is 3. The number of aromatic nitrogens is 2. The maximum absolute atomic E-state index is 11.2. The van der Waals surface area contributed by atoms with Crippen molar-refractivity contribution in [2.24, 2.45) is 5.92 Å². The highest BCUT2D eigenvalue weighted by molar-refractivity contribution is 9.10. The molecule has 0 saturated carbocycles. The second kappa shape index (κ2) is 7.13. The molecular formula is C18H15BrClN3O2S. The van der Waals surface area contributed by atoms with Crippen LogP contribution in [-0.4, -0.2) is 34.1 Å². The van der Waals surface area contributed by atoms with Crippen LogP contribution < -0.4 is 4.90 Å². The number of carbonyl (C=O) groups is 1. The molecule has 2 aromatic heterocycles. The normalized spacial score (nSPS) is 15.5. The Morgan fingerprint density at radius 1 is 1.23 bits per heavy atom. The van der Waals surface area contributed by atoms with Gasteiger partial charge >= 0.3 is 5.97 Å². The Kier molecular flexibility index (Phi) is 4.86. The van der Waals surface area contributed by atoms with Crippen molar-refractivity contribution in [1.82, 2.24) is 9.97 Å². The molecule has 8 heteroatoms. The van der Waals surface area contributed by atoms with Gasteiger partial charge < -0.3 is 10.0 Å². The molecule has 0 amide bonds. The highest BCUT2D eigenvalue weighted by Crippen LogP contribution is 2.40. The summed E-state index contributed by atoms with van der Waals surface area (Å²) in [5.74, 6) is -0.211. The van der Waals surface area contributed by atoms with Gasteiger partial charge in [0.2, 0.25) is 5.28 Å². The molecule has 0 spiro atoms. The van der Waals surface area contributed by atoms with E-state index < -0.39 is 5.97 Å². The molecule has 4 rings (SSSR count). The number of piperidine rings is 1. The van der Waals surface area contributed by atoms with Crippen molar-refractivity contribution in [3.8, 4) is 11.1 Å². The highest BCUT2D eigenvalue weighted by atomic mass is 79.9. The minimum Gasteiger partial charge on any atom is -0.481 e. The molecule has 134 valence electrons. The van der Waals surface area contributed by atoms with Gasteiger partial charge in [0.1, 0.15) is 10.6 Å². The van der Waals surface area contributed by atoms with Gasteiger partial charge in [-0.2, -0.15) is 4.98 Å². The summed E-state index contributed by atoms with van der Waals surface area (Å²) >= 11 is 11.2. The van der Waals surface area contributed by atoms with E-state index in [4.69, 9.17) is 11.6 Å². The minimum absolute atomic E-state index is 0.220. The molecular weight excluding hydrogens is 438 g/mol. The number of hydrogen-bond acceptors (Lipinski definition) is 5. The van der Waals surface area contributed by atoms with Gasteiger partial charge in [-0.05, 0) is 42.1 Å². The van der Waals surface area contributed by atoms with Crippen molar-refractivity contribution >= 4 is 60.9 Å². The molecule has 1 N–H and O–H groups in total. The average molecular weight is 453 g/mol. The highest BCUT2D eigenvalue weighted by Gasteiger charge is 2.27. The lowest BCUT2D eigenvalue weighted by Gasteiger charge is -2.31. The van der Waals surface area contributed by atoms with E-state index in [-0.39, 0.29) is 11.2 Å². The maximum Gasteiger partial charge on any atom is 0.306 e. The first kappa shape index (κ1) is 17.7. The lowest BCUT2D eigenvalue weighted by atomic mass is 9.96. The van der Waals surface area contributed by atoms with E-state index >= 15 is 0 Å². The Labute approximate surface area is 167 Å². The number of nitrogens with zero attached hydrogens (tertiary/aromatic N) is 3. The van der Waals surface area contributed by atoms with E-state index in [2.05, 4.69) is 48.3 Å². The number of thiophene rings is 1. The fourth-order valence-electron chi connectivity index (χ4n) is 3.31. The van der Waals surface area contributed by atoms with Crippen LogP contribution in [0.2, 0.25) is 5.28 Å². The standard InChI is InChI=1S/C18H15BrClN3O2S/c19-12-3-1-10(2-4-12)13-9-26-16-14(13)15(21-18(20)22-16)23-7-5-11(6-8-23)17(24)25/h1-4,9,11H,5-8H2,(H,24,25). The Balaban J connectivity index is 1.78. The molecule has 0 unspecified atom stereocenters. The van der Waals surface area contributed by atoms with Crippen molar-refractivity contribution < 1.29 is 9.90 Å². The molecule has 0 aliphatic carbocycles.